The molecule has 0 aromatic carbocycles. The van der Waals surface area contributed by atoms with E-state index in [-0.39, 0.29) is 0 Å². The molecule has 0 atom stereocenters. The van der Waals surface area contributed by atoms with Crippen LogP contribution in [-0.4, -0.2) is 14.9 Å². The molecule has 3 nitrogen and oxygen atoms in total. The largest absolute Gasteiger partial charge is 0.355 e. The van der Waals surface area contributed by atoms with Crippen LogP contribution in [0.25, 0.3) is 0 Å². The summed E-state index contributed by atoms with van der Waals surface area (Å²) in [5.41, 5.74) is 0.367. The van der Waals surface area contributed by atoms with Crippen molar-refractivity contribution < 1.29 is 0 Å². The van der Waals surface area contributed by atoms with Crippen molar-refractivity contribution in [3.8, 4) is 0 Å². The highest BCUT2D eigenvalue weighted by atomic mass is 32.1. The van der Waals surface area contributed by atoms with E-state index in [1.54, 1.807) is 0 Å². The van der Waals surface area contributed by atoms with Crippen LogP contribution in [0, 0.1) is 6.92 Å². The second kappa shape index (κ2) is 2.69. The maximum absolute atomic E-state index is 4.28. The molecule has 1 heterocycles. The highest BCUT2D eigenvalue weighted by molar-refractivity contribution is 7.09. The summed E-state index contributed by atoms with van der Waals surface area (Å²) in [5, 5.41) is 4.42. The number of nitrogens with zero attached hydrogens (tertiary/aromatic N) is 2. The van der Waals surface area contributed by atoms with Gasteiger partial charge < -0.3 is 5.32 Å². The first-order valence-corrected chi connectivity index (χ1v) is 5.10. The van der Waals surface area contributed by atoms with E-state index in [0.29, 0.717) is 5.54 Å². The molecule has 1 aromatic rings. The molecule has 1 fully saturated rings. The first kappa shape index (κ1) is 7.98. The molecular formula is C8H13N3S. The minimum absolute atomic E-state index is 0.367. The second-order valence-corrected chi connectivity index (χ2v) is 4.16. The van der Waals surface area contributed by atoms with Gasteiger partial charge in [-0.2, -0.15) is 4.37 Å². The van der Waals surface area contributed by atoms with Crippen molar-refractivity contribution in [2.75, 3.05) is 5.32 Å². The van der Waals surface area contributed by atoms with Crippen LogP contribution in [0.4, 0.5) is 5.13 Å². The minimum atomic E-state index is 0.367. The first-order valence-electron chi connectivity index (χ1n) is 4.33. The van der Waals surface area contributed by atoms with E-state index in [4.69, 9.17) is 0 Å². The van der Waals surface area contributed by atoms with Crippen LogP contribution in [0.3, 0.4) is 0 Å². The Morgan fingerprint density at radius 1 is 1.58 bits per heavy atom. The Kier molecular flexibility index (Phi) is 1.79. The summed E-state index contributed by atoms with van der Waals surface area (Å²) in [6, 6.07) is 0. The van der Waals surface area contributed by atoms with Gasteiger partial charge in [0.25, 0.3) is 0 Å². The molecule has 4 heteroatoms. The van der Waals surface area contributed by atoms with Crippen molar-refractivity contribution >= 4 is 16.7 Å². The quantitative estimate of drug-likeness (QED) is 0.780. The molecule has 2 rings (SSSR count). The summed E-state index contributed by atoms with van der Waals surface area (Å²) >= 11 is 1.46. The van der Waals surface area contributed by atoms with Crippen molar-refractivity contribution in [2.45, 2.75) is 38.6 Å². The Bertz CT molecular complexity index is 278. The molecule has 0 bridgehead atoms. The summed E-state index contributed by atoms with van der Waals surface area (Å²) < 4.78 is 4.13. The number of nitrogens with one attached hydrogen (secondary N) is 1. The van der Waals surface area contributed by atoms with E-state index in [1.807, 2.05) is 6.92 Å². The normalized spacial score (nSPS) is 19.2. The van der Waals surface area contributed by atoms with Crippen molar-refractivity contribution in [1.82, 2.24) is 9.36 Å². The van der Waals surface area contributed by atoms with Gasteiger partial charge in [0.15, 0.2) is 0 Å². The van der Waals surface area contributed by atoms with Gasteiger partial charge in [-0.3, -0.25) is 0 Å². The molecule has 1 aliphatic carbocycles. The highest BCUT2D eigenvalue weighted by Gasteiger charge is 2.41. The van der Waals surface area contributed by atoms with Gasteiger partial charge in [0.1, 0.15) is 5.82 Å². The molecule has 0 aliphatic heterocycles. The highest BCUT2D eigenvalue weighted by Crippen LogP contribution is 2.41. The second-order valence-electron chi connectivity index (χ2n) is 3.41. The van der Waals surface area contributed by atoms with Crippen LogP contribution in [0.15, 0.2) is 0 Å². The third-order valence-corrected chi connectivity index (χ3v) is 3.15. The molecule has 1 aliphatic rings. The number of aryl methyl sites for hydroxylation is 1. The smallest absolute Gasteiger partial charge is 0.202 e. The van der Waals surface area contributed by atoms with Gasteiger partial charge in [-0.1, -0.05) is 6.92 Å². The molecule has 0 saturated heterocycles. The lowest BCUT2D eigenvalue weighted by Crippen LogP contribution is -2.19. The molecule has 0 spiro atoms. The van der Waals surface area contributed by atoms with Crippen molar-refractivity contribution in [3.63, 3.8) is 0 Å². The Hall–Kier alpha value is -0.640. The number of hydrogen-bond donors (Lipinski definition) is 1. The summed E-state index contributed by atoms with van der Waals surface area (Å²) in [6.45, 7) is 4.14. The summed E-state index contributed by atoms with van der Waals surface area (Å²) in [6.07, 6.45) is 3.75. The Balaban J connectivity index is 2.04. The van der Waals surface area contributed by atoms with Gasteiger partial charge in [0.2, 0.25) is 5.13 Å². The van der Waals surface area contributed by atoms with Gasteiger partial charge in [-0.15, -0.1) is 0 Å². The molecule has 66 valence electrons. The third-order valence-electron chi connectivity index (χ3n) is 2.43. The Morgan fingerprint density at radius 2 is 2.33 bits per heavy atom. The topological polar surface area (TPSA) is 37.8 Å². The third kappa shape index (κ3) is 1.43. The zero-order valence-corrected chi connectivity index (χ0v) is 8.24. The lowest BCUT2D eigenvalue weighted by atomic mass is 10.2. The van der Waals surface area contributed by atoms with Crippen molar-refractivity contribution in [1.29, 1.82) is 0 Å². The molecule has 1 aromatic heterocycles. The molecule has 0 radical (unpaired) electrons. The predicted octanol–water partition coefficient (Wildman–Crippen LogP) is 2.20. The standard InChI is InChI=1S/C8H13N3S/c1-3-8(4-5-8)10-7-9-6(2)11-12-7/h3-5H2,1-2H3,(H,9,10,11). The van der Waals surface area contributed by atoms with Crippen LogP contribution in [0.1, 0.15) is 32.0 Å². The van der Waals surface area contributed by atoms with Crippen LogP contribution in [0.2, 0.25) is 0 Å². The van der Waals surface area contributed by atoms with E-state index in [1.165, 1.54) is 30.8 Å². The fourth-order valence-electron chi connectivity index (χ4n) is 1.29. The molecule has 12 heavy (non-hydrogen) atoms. The predicted molar refractivity (Wildman–Crippen MR) is 50.5 cm³/mol. The lowest BCUT2D eigenvalue weighted by Gasteiger charge is -2.12. The van der Waals surface area contributed by atoms with Gasteiger partial charge in [-0.25, -0.2) is 4.98 Å². The number of hydrogen-bond acceptors (Lipinski definition) is 4. The summed E-state index contributed by atoms with van der Waals surface area (Å²) in [4.78, 5) is 4.28. The van der Waals surface area contributed by atoms with E-state index in [9.17, 15) is 0 Å². The van der Waals surface area contributed by atoms with Gasteiger partial charge >= 0.3 is 0 Å². The minimum Gasteiger partial charge on any atom is -0.355 e. The molecule has 0 unspecified atom stereocenters. The average Bonchev–Trinajstić information content (AvgIpc) is 2.71. The number of rotatable bonds is 3. The summed E-state index contributed by atoms with van der Waals surface area (Å²) in [5.74, 6) is 0.870. The SMILES string of the molecule is CCC1(Nc2nc(C)ns2)CC1. The zero-order chi connectivity index (χ0) is 8.60. The lowest BCUT2D eigenvalue weighted by molar-refractivity contribution is 0.700. The van der Waals surface area contributed by atoms with E-state index >= 15 is 0 Å². The van der Waals surface area contributed by atoms with E-state index in [0.717, 1.165) is 11.0 Å². The molecule has 0 amide bonds. The van der Waals surface area contributed by atoms with Gasteiger partial charge in [-0.05, 0) is 26.2 Å². The Labute approximate surface area is 76.4 Å². The number of aromatic nitrogens is 2. The fraction of sp³-hybridized carbons (Fsp3) is 0.750. The van der Waals surface area contributed by atoms with E-state index < -0.39 is 0 Å². The first-order chi connectivity index (χ1) is 5.74. The maximum Gasteiger partial charge on any atom is 0.202 e. The molecular weight excluding hydrogens is 170 g/mol. The van der Waals surface area contributed by atoms with Crippen LogP contribution in [0.5, 0.6) is 0 Å². The van der Waals surface area contributed by atoms with Crippen molar-refractivity contribution in [3.05, 3.63) is 5.82 Å². The van der Waals surface area contributed by atoms with Gasteiger partial charge in [0, 0.05) is 17.1 Å². The zero-order valence-electron chi connectivity index (χ0n) is 7.42. The Morgan fingerprint density at radius 3 is 2.75 bits per heavy atom. The maximum atomic E-state index is 4.28. The van der Waals surface area contributed by atoms with Crippen LogP contribution in [-0.2, 0) is 0 Å². The molecule has 1 saturated carbocycles. The fourth-order valence-corrected chi connectivity index (χ4v) is 1.99. The monoisotopic (exact) mass is 183 g/mol. The van der Waals surface area contributed by atoms with Crippen molar-refractivity contribution in [2.24, 2.45) is 0 Å². The van der Waals surface area contributed by atoms with Gasteiger partial charge in [0.05, 0.1) is 0 Å². The van der Waals surface area contributed by atoms with E-state index in [2.05, 4.69) is 21.6 Å². The number of anilines is 1. The summed E-state index contributed by atoms with van der Waals surface area (Å²) in [7, 11) is 0. The van der Waals surface area contributed by atoms with Crippen LogP contribution >= 0.6 is 11.5 Å². The average molecular weight is 183 g/mol. The van der Waals surface area contributed by atoms with Crippen LogP contribution < -0.4 is 5.32 Å². The molecule has 1 N–H and O–H groups in total.